The topological polar surface area (TPSA) is 53.0 Å². The Morgan fingerprint density at radius 2 is 2.09 bits per heavy atom. The maximum atomic E-state index is 11.0. The van der Waals surface area contributed by atoms with Crippen molar-refractivity contribution < 1.29 is 4.21 Å². The molecular formula is C5H14Cl2N2OS. The normalized spacial score (nSPS) is 35.5. The molecule has 6 heteroatoms. The molecule has 1 saturated heterocycles. The van der Waals surface area contributed by atoms with Crippen molar-refractivity contribution in [2.75, 3.05) is 18.6 Å². The largest absolute Gasteiger partial charge is 0.316 e. The molecule has 0 amide bonds. The molecule has 0 bridgehead atoms. The third-order valence-electron chi connectivity index (χ3n) is 1.67. The van der Waals surface area contributed by atoms with Crippen molar-refractivity contribution in [3.8, 4) is 0 Å². The SMILES string of the molecule is CNC1CCS(=N)(=O)C1.Cl.Cl. The Hall–Kier alpha value is 0.490. The van der Waals surface area contributed by atoms with E-state index in [2.05, 4.69) is 5.32 Å². The van der Waals surface area contributed by atoms with E-state index >= 15 is 0 Å². The van der Waals surface area contributed by atoms with E-state index in [0.717, 1.165) is 6.42 Å². The number of hydrogen-bond donors (Lipinski definition) is 2. The second-order valence-corrected chi connectivity index (χ2v) is 4.82. The zero-order chi connectivity index (χ0) is 6.91. The van der Waals surface area contributed by atoms with Crippen LogP contribution in [0.15, 0.2) is 0 Å². The molecule has 2 unspecified atom stereocenters. The van der Waals surface area contributed by atoms with E-state index in [1.54, 1.807) is 0 Å². The highest BCUT2D eigenvalue weighted by Crippen LogP contribution is 2.10. The van der Waals surface area contributed by atoms with E-state index in [1.807, 2.05) is 7.05 Å². The Morgan fingerprint density at radius 1 is 1.55 bits per heavy atom. The third-order valence-corrected chi connectivity index (χ3v) is 3.51. The standard InChI is InChI=1S/C5H12N2OS.2ClH/c1-7-5-2-3-9(6,8)4-5;;/h5-7H,2-4H2,1H3;2*1H. The summed E-state index contributed by atoms with van der Waals surface area (Å²) in [4.78, 5) is 0. The smallest absolute Gasteiger partial charge is 0.0469 e. The van der Waals surface area contributed by atoms with Gasteiger partial charge in [-0.15, -0.1) is 24.8 Å². The predicted molar refractivity (Wildman–Crippen MR) is 52.6 cm³/mol. The van der Waals surface area contributed by atoms with E-state index in [4.69, 9.17) is 4.78 Å². The summed E-state index contributed by atoms with van der Waals surface area (Å²) in [5.41, 5.74) is 0. The van der Waals surface area contributed by atoms with Crippen LogP contribution in [0.3, 0.4) is 0 Å². The molecule has 0 radical (unpaired) electrons. The summed E-state index contributed by atoms with van der Waals surface area (Å²) in [6, 6.07) is 0.329. The van der Waals surface area contributed by atoms with Gasteiger partial charge in [0.15, 0.2) is 0 Å². The highest BCUT2D eigenvalue weighted by Gasteiger charge is 2.22. The molecule has 1 rings (SSSR count). The second kappa shape index (κ2) is 5.19. The molecule has 1 heterocycles. The third kappa shape index (κ3) is 4.15. The van der Waals surface area contributed by atoms with Gasteiger partial charge >= 0.3 is 0 Å². The first-order valence-corrected chi connectivity index (χ1v) is 4.95. The molecule has 2 N–H and O–H groups in total. The maximum absolute atomic E-state index is 11.0. The lowest BCUT2D eigenvalue weighted by Crippen LogP contribution is -2.25. The first-order valence-electron chi connectivity index (χ1n) is 3.05. The maximum Gasteiger partial charge on any atom is 0.0469 e. The summed E-state index contributed by atoms with van der Waals surface area (Å²) in [5, 5.41) is 3.02. The summed E-state index contributed by atoms with van der Waals surface area (Å²) >= 11 is 0. The first-order chi connectivity index (χ1) is 4.14. The minimum atomic E-state index is -2.17. The van der Waals surface area contributed by atoms with E-state index < -0.39 is 9.73 Å². The van der Waals surface area contributed by atoms with E-state index in [-0.39, 0.29) is 24.8 Å². The monoisotopic (exact) mass is 220 g/mol. The van der Waals surface area contributed by atoms with Gasteiger partial charge in [-0.05, 0) is 13.5 Å². The lowest BCUT2D eigenvalue weighted by Gasteiger charge is -2.02. The lowest BCUT2D eigenvalue weighted by atomic mass is 10.3. The number of hydrogen-bond acceptors (Lipinski definition) is 3. The van der Waals surface area contributed by atoms with Gasteiger partial charge in [-0.1, -0.05) is 0 Å². The van der Waals surface area contributed by atoms with Crippen molar-refractivity contribution in [2.45, 2.75) is 12.5 Å². The van der Waals surface area contributed by atoms with Crippen LogP contribution in [-0.2, 0) is 9.73 Å². The van der Waals surface area contributed by atoms with Crippen molar-refractivity contribution >= 4 is 34.5 Å². The van der Waals surface area contributed by atoms with Gasteiger partial charge in [0.1, 0.15) is 0 Å². The molecular weight excluding hydrogens is 207 g/mol. The Morgan fingerprint density at radius 3 is 2.27 bits per heavy atom. The van der Waals surface area contributed by atoms with Crippen LogP contribution in [0.1, 0.15) is 6.42 Å². The molecule has 0 saturated carbocycles. The highest BCUT2D eigenvalue weighted by atomic mass is 35.5. The van der Waals surface area contributed by atoms with Crippen molar-refractivity contribution in [3.63, 3.8) is 0 Å². The van der Waals surface area contributed by atoms with E-state index in [1.165, 1.54) is 0 Å². The van der Waals surface area contributed by atoms with Crippen LogP contribution in [0.5, 0.6) is 0 Å². The molecule has 1 aliphatic rings. The van der Waals surface area contributed by atoms with Gasteiger partial charge in [0, 0.05) is 27.3 Å². The number of halogens is 2. The fourth-order valence-electron chi connectivity index (χ4n) is 1.05. The van der Waals surface area contributed by atoms with Gasteiger partial charge in [0.25, 0.3) is 0 Å². The number of rotatable bonds is 1. The van der Waals surface area contributed by atoms with E-state index in [0.29, 0.717) is 17.5 Å². The summed E-state index contributed by atoms with van der Waals surface area (Å²) in [7, 11) is -0.317. The molecule has 0 aliphatic carbocycles. The molecule has 0 aromatic heterocycles. The molecule has 0 spiro atoms. The van der Waals surface area contributed by atoms with E-state index in [9.17, 15) is 4.21 Å². The zero-order valence-corrected chi connectivity index (χ0v) is 8.78. The molecule has 0 aromatic carbocycles. The fraction of sp³-hybridized carbons (Fsp3) is 1.00. The van der Waals surface area contributed by atoms with Crippen molar-refractivity contribution in [3.05, 3.63) is 0 Å². The molecule has 1 fully saturated rings. The predicted octanol–water partition coefficient (Wildman–Crippen LogP) is 0.868. The average Bonchev–Trinajstić information content (AvgIpc) is 2.10. The summed E-state index contributed by atoms with van der Waals surface area (Å²) in [6.45, 7) is 0. The van der Waals surface area contributed by atoms with Crippen LogP contribution in [0.4, 0.5) is 0 Å². The van der Waals surface area contributed by atoms with Gasteiger partial charge < -0.3 is 5.32 Å². The molecule has 11 heavy (non-hydrogen) atoms. The molecule has 3 nitrogen and oxygen atoms in total. The Balaban J connectivity index is 0. The van der Waals surface area contributed by atoms with Crippen molar-refractivity contribution in [1.82, 2.24) is 5.32 Å². The Labute approximate surface area is 80.1 Å². The van der Waals surface area contributed by atoms with Crippen LogP contribution in [-0.4, -0.2) is 28.8 Å². The quantitative estimate of drug-likeness (QED) is 0.690. The van der Waals surface area contributed by atoms with Crippen molar-refractivity contribution in [1.29, 1.82) is 4.78 Å². The lowest BCUT2D eigenvalue weighted by molar-refractivity contribution is 0.622. The zero-order valence-electron chi connectivity index (χ0n) is 6.33. The molecule has 70 valence electrons. The van der Waals surface area contributed by atoms with Gasteiger partial charge in [-0.2, -0.15) is 0 Å². The molecule has 2 atom stereocenters. The Kier molecular flexibility index (Phi) is 6.63. The number of nitrogens with one attached hydrogen (secondary N) is 2. The van der Waals surface area contributed by atoms with Crippen LogP contribution >= 0.6 is 24.8 Å². The van der Waals surface area contributed by atoms with Crippen LogP contribution in [0.25, 0.3) is 0 Å². The average molecular weight is 221 g/mol. The summed E-state index contributed by atoms with van der Waals surface area (Å²) < 4.78 is 18.2. The second-order valence-electron chi connectivity index (χ2n) is 2.46. The minimum Gasteiger partial charge on any atom is -0.316 e. The van der Waals surface area contributed by atoms with Gasteiger partial charge in [-0.25, -0.2) is 4.21 Å². The van der Waals surface area contributed by atoms with Crippen LogP contribution in [0, 0.1) is 4.78 Å². The van der Waals surface area contributed by atoms with Gasteiger partial charge in [0.2, 0.25) is 0 Å². The highest BCUT2D eigenvalue weighted by molar-refractivity contribution is 7.92. The molecule has 1 aliphatic heterocycles. The first kappa shape index (κ1) is 14.0. The van der Waals surface area contributed by atoms with Crippen LogP contribution in [0.2, 0.25) is 0 Å². The minimum absolute atomic E-state index is 0. The van der Waals surface area contributed by atoms with Crippen LogP contribution < -0.4 is 5.32 Å². The van der Waals surface area contributed by atoms with Crippen molar-refractivity contribution in [2.24, 2.45) is 0 Å². The Bertz CT molecular complexity index is 193. The van der Waals surface area contributed by atoms with Gasteiger partial charge in [-0.3, -0.25) is 4.78 Å². The molecule has 0 aromatic rings. The van der Waals surface area contributed by atoms with Gasteiger partial charge in [0.05, 0.1) is 0 Å². The fourth-order valence-corrected chi connectivity index (χ4v) is 2.87. The summed E-state index contributed by atoms with van der Waals surface area (Å²) in [6.07, 6.45) is 0.902. The summed E-state index contributed by atoms with van der Waals surface area (Å²) in [5.74, 6) is 1.13.